The van der Waals surface area contributed by atoms with Gasteiger partial charge in [0.25, 0.3) is 0 Å². The van der Waals surface area contributed by atoms with Crippen LogP contribution >= 0.6 is 11.8 Å². The minimum absolute atomic E-state index is 0.372. The lowest BCUT2D eigenvalue weighted by molar-refractivity contribution is 0.716. The minimum Gasteiger partial charge on any atom is -0.328 e. The highest BCUT2D eigenvalue weighted by atomic mass is 32.2. The van der Waals surface area contributed by atoms with Gasteiger partial charge in [-0.2, -0.15) is 11.8 Å². The van der Waals surface area contributed by atoms with Crippen molar-refractivity contribution in [3.8, 4) is 0 Å². The fraction of sp³-hybridized carbons (Fsp3) is 1.00. The first-order valence-corrected chi connectivity index (χ1v) is 5.62. The zero-order valence-electron chi connectivity index (χ0n) is 7.97. The van der Waals surface area contributed by atoms with E-state index in [9.17, 15) is 0 Å². The molecule has 0 bridgehead atoms. The Hall–Kier alpha value is 0.310. The van der Waals surface area contributed by atoms with E-state index in [0.29, 0.717) is 6.04 Å². The molecule has 0 spiro atoms. The third-order valence-electron chi connectivity index (χ3n) is 1.84. The summed E-state index contributed by atoms with van der Waals surface area (Å²) < 4.78 is 0. The van der Waals surface area contributed by atoms with Crippen molar-refractivity contribution in [1.82, 2.24) is 0 Å². The van der Waals surface area contributed by atoms with Crippen molar-refractivity contribution >= 4 is 11.8 Å². The van der Waals surface area contributed by atoms with Gasteiger partial charge in [0.05, 0.1) is 0 Å². The van der Waals surface area contributed by atoms with Crippen LogP contribution in [0.15, 0.2) is 0 Å². The fourth-order valence-corrected chi connectivity index (χ4v) is 2.26. The summed E-state index contributed by atoms with van der Waals surface area (Å²) in [6.07, 6.45) is 3.74. The highest BCUT2D eigenvalue weighted by molar-refractivity contribution is 7.99. The van der Waals surface area contributed by atoms with Crippen LogP contribution in [0.25, 0.3) is 0 Å². The van der Waals surface area contributed by atoms with E-state index >= 15 is 0 Å². The van der Waals surface area contributed by atoms with Crippen molar-refractivity contribution in [2.24, 2.45) is 5.73 Å². The molecule has 0 aliphatic carbocycles. The molecule has 0 aromatic heterocycles. The molecule has 1 nitrogen and oxygen atoms in total. The van der Waals surface area contributed by atoms with Gasteiger partial charge in [-0.05, 0) is 31.9 Å². The van der Waals surface area contributed by atoms with Crippen LogP contribution < -0.4 is 5.73 Å². The van der Waals surface area contributed by atoms with E-state index in [2.05, 4.69) is 32.5 Å². The molecule has 2 N–H and O–H groups in total. The summed E-state index contributed by atoms with van der Waals surface area (Å²) in [5, 5.41) is 0.855. The summed E-state index contributed by atoms with van der Waals surface area (Å²) in [5.74, 6) is 1.23. The number of thioether (sulfide) groups is 1. The molecule has 0 amide bonds. The molecule has 0 saturated heterocycles. The molecule has 0 aromatic carbocycles. The molecule has 0 aliphatic heterocycles. The van der Waals surface area contributed by atoms with Crippen molar-refractivity contribution in [1.29, 1.82) is 0 Å². The molecule has 0 fully saturated rings. The van der Waals surface area contributed by atoms with Gasteiger partial charge in [-0.1, -0.05) is 13.8 Å². The third-order valence-corrected chi connectivity index (χ3v) is 3.45. The topological polar surface area (TPSA) is 26.0 Å². The second-order valence-electron chi connectivity index (χ2n) is 3.08. The van der Waals surface area contributed by atoms with Crippen molar-refractivity contribution < 1.29 is 0 Å². The Labute approximate surface area is 75.1 Å². The van der Waals surface area contributed by atoms with Crippen molar-refractivity contribution in [2.45, 2.75) is 51.3 Å². The van der Waals surface area contributed by atoms with E-state index in [1.165, 1.54) is 18.6 Å². The Bertz CT molecular complexity index is 79.6. The van der Waals surface area contributed by atoms with Gasteiger partial charge in [-0.25, -0.2) is 0 Å². The van der Waals surface area contributed by atoms with Crippen LogP contribution in [0, 0.1) is 0 Å². The van der Waals surface area contributed by atoms with Gasteiger partial charge < -0.3 is 5.73 Å². The van der Waals surface area contributed by atoms with Crippen LogP contribution in [0.5, 0.6) is 0 Å². The predicted octanol–water partition coefficient (Wildman–Crippen LogP) is 2.65. The molecule has 0 saturated carbocycles. The fourth-order valence-electron chi connectivity index (χ4n) is 0.945. The monoisotopic (exact) mass is 175 g/mol. The number of hydrogen-bond donors (Lipinski definition) is 1. The Morgan fingerprint density at radius 1 is 1.27 bits per heavy atom. The highest BCUT2D eigenvalue weighted by Gasteiger charge is 2.03. The van der Waals surface area contributed by atoms with Gasteiger partial charge in [0.15, 0.2) is 0 Å². The number of rotatable bonds is 6. The maximum atomic E-state index is 5.65. The minimum atomic E-state index is 0.372. The summed E-state index contributed by atoms with van der Waals surface area (Å²) in [4.78, 5) is 0. The maximum Gasteiger partial charge on any atom is 0.00418 e. The van der Waals surface area contributed by atoms with E-state index in [-0.39, 0.29) is 0 Å². The first-order chi connectivity index (χ1) is 5.20. The molecule has 1 atom stereocenters. The second kappa shape index (κ2) is 6.99. The summed E-state index contributed by atoms with van der Waals surface area (Å²) in [5.41, 5.74) is 5.65. The summed E-state index contributed by atoms with van der Waals surface area (Å²) in [6, 6.07) is 0.372. The van der Waals surface area contributed by atoms with Crippen molar-refractivity contribution in [3.63, 3.8) is 0 Å². The number of hydrogen-bond acceptors (Lipinski definition) is 2. The maximum absolute atomic E-state index is 5.65. The molecule has 11 heavy (non-hydrogen) atoms. The Kier molecular flexibility index (Phi) is 7.18. The second-order valence-corrected chi connectivity index (χ2v) is 4.48. The standard InChI is InChI=1S/C9H21NS/c1-4-9(5-2)11-7-6-8(3)10/h8-9H,4-7,10H2,1-3H3. The molecule has 0 aromatic rings. The predicted molar refractivity (Wildman–Crippen MR) is 55.1 cm³/mol. The van der Waals surface area contributed by atoms with Gasteiger partial charge >= 0.3 is 0 Å². The highest BCUT2D eigenvalue weighted by Crippen LogP contribution is 2.18. The summed E-state index contributed by atoms with van der Waals surface area (Å²) >= 11 is 2.07. The molecular weight excluding hydrogens is 154 g/mol. The normalized spacial score (nSPS) is 13.9. The Morgan fingerprint density at radius 3 is 2.18 bits per heavy atom. The Balaban J connectivity index is 3.21. The zero-order chi connectivity index (χ0) is 8.69. The first kappa shape index (κ1) is 11.3. The molecule has 1 unspecified atom stereocenters. The zero-order valence-corrected chi connectivity index (χ0v) is 8.79. The van der Waals surface area contributed by atoms with E-state index in [1.807, 2.05) is 0 Å². The van der Waals surface area contributed by atoms with E-state index < -0.39 is 0 Å². The molecule has 0 heterocycles. The lowest BCUT2D eigenvalue weighted by Crippen LogP contribution is -2.16. The van der Waals surface area contributed by atoms with Crippen molar-refractivity contribution in [3.05, 3.63) is 0 Å². The molecule has 0 rings (SSSR count). The summed E-state index contributed by atoms with van der Waals surface area (Å²) in [7, 11) is 0. The van der Waals surface area contributed by atoms with E-state index in [4.69, 9.17) is 5.73 Å². The van der Waals surface area contributed by atoms with Crippen LogP contribution in [-0.4, -0.2) is 17.0 Å². The summed E-state index contributed by atoms with van der Waals surface area (Å²) in [6.45, 7) is 6.59. The average molecular weight is 175 g/mol. The van der Waals surface area contributed by atoms with Crippen LogP contribution in [0.1, 0.15) is 40.0 Å². The van der Waals surface area contributed by atoms with Crippen LogP contribution in [-0.2, 0) is 0 Å². The molecule has 0 aliphatic rings. The smallest absolute Gasteiger partial charge is 0.00418 e. The quantitative estimate of drug-likeness (QED) is 0.671. The lowest BCUT2D eigenvalue weighted by atomic mass is 10.3. The SMILES string of the molecule is CCC(CC)SCCC(C)N. The van der Waals surface area contributed by atoms with Crippen LogP contribution in [0.4, 0.5) is 0 Å². The average Bonchev–Trinajstić information content (AvgIpc) is 1.98. The van der Waals surface area contributed by atoms with Gasteiger partial charge in [-0.15, -0.1) is 0 Å². The molecular formula is C9H21NS. The van der Waals surface area contributed by atoms with Gasteiger partial charge in [0.2, 0.25) is 0 Å². The van der Waals surface area contributed by atoms with Gasteiger partial charge in [0.1, 0.15) is 0 Å². The van der Waals surface area contributed by atoms with Crippen LogP contribution in [0.2, 0.25) is 0 Å². The largest absolute Gasteiger partial charge is 0.328 e. The molecule has 68 valence electrons. The van der Waals surface area contributed by atoms with E-state index in [1.54, 1.807) is 0 Å². The number of nitrogens with two attached hydrogens (primary N) is 1. The van der Waals surface area contributed by atoms with Gasteiger partial charge in [0, 0.05) is 11.3 Å². The third kappa shape index (κ3) is 6.70. The Morgan fingerprint density at radius 2 is 1.82 bits per heavy atom. The van der Waals surface area contributed by atoms with Crippen molar-refractivity contribution in [2.75, 3.05) is 5.75 Å². The van der Waals surface area contributed by atoms with Crippen LogP contribution in [0.3, 0.4) is 0 Å². The first-order valence-electron chi connectivity index (χ1n) is 4.57. The van der Waals surface area contributed by atoms with Gasteiger partial charge in [-0.3, -0.25) is 0 Å². The lowest BCUT2D eigenvalue weighted by Gasteiger charge is -2.12. The molecule has 0 radical (unpaired) electrons. The van der Waals surface area contributed by atoms with E-state index in [0.717, 1.165) is 11.7 Å². The molecule has 2 heteroatoms.